The third kappa shape index (κ3) is 9.84. The zero-order chi connectivity index (χ0) is 50.6. The molecular formula is C50H65N11O9S2. The second-order valence-electron chi connectivity index (χ2n) is 20.8. The Morgan fingerprint density at radius 2 is 1.07 bits per heavy atom. The van der Waals surface area contributed by atoms with Crippen LogP contribution < -0.4 is 30.5 Å². The van der Waals surface area contributed by atoms with Crippen LogP contribution in [0, 0.1) is 0 Å². The number of hydrazine groups is 1. The molecule has 2 saturated heterocycles. The van der Waals surface area contributed by atoms with Gasteiger partial charge in [0.25, 0.3) is 0 Å². The summed E-state index contributed by atoms with van der Waals surface area (Å²) in [6, 6.07) is 16.0. The molecule has 0 unspecified atom stereocenters. The molecule has 4 aliphatic carbocycles. The molecule has 4 aromatic rings. The number of sulfone groups is 2. The lowest BCUT2D eigenvalue weighted by Gasteiger charge is -2.37. The number of aliphatic hydroxyl groups excluding tert-OH is 1. The number of aromatic nitrogens is 4. The molecule has 0 atom stereocenters. The Morgan fingerprint density at radius 3 is 1.43 bits per heavy atom. The lowest BCUT2D eigenvalue weighted by molar-refractivity contribution is 0.122. The lowest BCUT2D eigenvalue weighted by atomic mass is 10.1. The van der Waals surface area contributed by atoms with Gasteiger partial charge in [-0.2, -0.15) is 10.0 Å². The maximum absolute atomic E-state index is 14.8. The number of anilines is 4. The molecule has 4 amide bonds. The Labute approximate surface area is 421 Å². The number of hydrogen-bond acceptors (Lipinski definition) is 16. The van der Waals surface area contributed by atoms with Crippen LogP contribution in [0.25, 0.3) is 22.8 Å². The first-order valence-electron chi connectivity index (χ1n) is 25.0. The van der Waals surface area contributed by atoms with Crippen LogP contribution in [0.4, 0.5) is 32.6 Å². The van der Waals surface area contributed by atoms with E-state index in [4.69, 9.17) is 29.4 Å². The van der Waals surface area contributed by atoms with Gasteiger partial charge in [-0.05, 0) is 128 Å². The second kappa shape index (κ2) is 19.4. The first-order valence-corrected chi connectivity index (χ1v) is 28.1. The number of hydrogen-bond donors (Lipinski definition) is 3. The molecule has 0 radical (unpaired) electrons. The van der Waals surface area contributed by atoms with Gasteiger partial charge in [0, 0.05) is 62.5 Å². The smallest absolute Gasteiger partial charge is 0.341 e. The molecule has 3 N–H and O–H groups in total. The highest BCUT2D eigenvalue weighted by Crippen LogP contribution is 2.58. The third-order valence-corrected chi connectivity index (χ3v) is 20.6. The molecule has 20 nitrogen and oxygen atoms in total. The van der Waals surface area contributed by atoms with Gasteiger partial charge in [0.1, 0.15) is 21.1 Å². The summed E-state index contributed by atoms with van der Waals surface area (Å²) in [6.07, 6.45) is 4.59. The Morgan fingerprint density at radius 1 is 0.667 bits per heavy atom. The van der Waals surface area contributed by atoms with Crippen molar-refractivity contribution in [1.29, 1.82) is 0 Å². The van der Waals surface area contributed by atoms with Crippen LogP contribution in [0.1, 0.15) is 76.6 Å². The molecule has 0 spiro atoms. The normalized spacial score (nSPS) is 19.7. The first-order chi connectivity index (χ1) is 34.4. The molecule has 386 valence electrons. The maximum Gasteiger partial charge on any atom is 0.341 e. The fourth-order valence-corrected chi connectivity index (χ4v) is 14.4. The molecule has 2 aromatic heterocycles. The van der Waals surface area contributed by atoms with Gasteiger partial charge >= 0.3 is 12.1 Å². The van der Waals surface area contributed by atoms with Crippen molar-refractivity contribution in [3.8, 4) is 22.8 Å². The summed E-state index contributed by atoms with van der Waals surface area (Å²) in [6.45, 7) is 8.03. The lowest BCUT2D eigenvalue weighted by Crippen LogP contribution is -2.61. The number of urea groups is 2. The monoisotopic (exact) mass is 1030 g/mol. The first kappa shape index (κ1) is 50.0. The highest BCUT2D eigenvalue weighted by molar-refractivity contribution is 7.93. The number of carbonyl (C=O) groups is 2. The topological polar surface area (TPSA) is 233 Å². The number of ether oxygens (including phenoxy) is 2. The summed E-state index contributed by atoms with van der Waals surface area (Å²) >= 11 is 0. The number of rotatable bonds is 17. The summed E-state index contributed by atoms with van der Waals surface area (Å²) in [5.41, 5.74) is 1.55. The van der Waals surface area contributed by atoms with Crippen molar-refractivity contribution in [2.24, 2.45) is 0 Å². The van der Waals surface area contributed by atoms with E-state index in [1.54, 1.807) is 62.4 Å². The Kier molecular flexibility index (Phi) is 13.5. The van der Waals surface area contributed by atoms with Gasteiger partial charge in [-0.3, -0.25) is 0 Å². The van der Waals surface area contributed by atoms with E-state index in [1.165, 1.54) is 10.0 Å². The highest BCUT2D eigenvalue weighted by Gasteiger charge is 2.63. The predicted octanol–water partition coefficient (Wildman–Crippen LogP) is 4.39. The zero-order valence-corrected chi connectivity index (χ0v) is 43.1. The largest absolute Gasteiger partial charge is 0.394 e. The number of nitrogens with one attached hydrogen (secondary N) is 2. The summed E-state index contributed by atoms with van der Waals surface area (Å²) in [5.74, 6) is 1.88. The summed E-state index contributed by atoms with van der Waals surface area (Å²) < 4.78 is 64.7. The van der Waals surface area contributed by atoms with Crippen molar-refractivity contribution < 1.29 is 41.0 Å². The van der Waals surface area contributed by atoms with Crippen molar-refractivity contribution in [2.75, 3.05) is 106 Å². The zero-order valence-electron chi connectivity index (χ0n) is 41.4. The van der Waals surface area contributed by atoms with Crippen LogP contribution >= 0.6 is 0 Å². The number of benzene rings is 2. The third-order valence-electron chi connectivity index (χ3n) is 14.5. The highest BCUT2D eigenvalue weighted by atomic mass is 32.2. The quantitative estimate of drug-likeness (QED) is 0.125. The van der Waals surface area contributed by atoms with E-state index in [9.17, 15) is 31.5 Å². The van der Waals surface area contributed by atoms with Gasteiger partial charge in [-0.1, -0.05) is 0 Å². The Hall–Kier alpha value is -5.52. The van der Waals surface area contributed by atoms with Crippen LogP contribution in [-0.2, 0) is 38.6 Å². The van der Waals surface area contributed by atoms with Crippen molar-refractivity contribution in [1.82, 2.24) is 35.5 Å². The van der Waals surface area contributed by atoms with Crippen LogP contribution in [0.2, 0.25) is 0 Å². The van der Waals surface area contributed by atoms with E-state index in [-0.39, 0.29) is 22.7 Å². The van der Waals surface area contributed by atoms with E-state index in [2.05, 4.69) is 20.4 Å². The van der Waals surface area contributed by atoms with Gasteiger partial charge in [-0.25, -0.2) is 46.4 Å². The predicted molar refractivity (Wildman–Crippen MR) is 273 cm³/mol. The number of morpholine rings is 2. The van der Waals surface area contributed by atoms with E-state index < -0.39 is 53.4 Å². The summed E-state index contributed by atoms with van der Waals surface area (Å²) in [5, 5.41) is 17.9. The molecule has 6 aliphatic rings. The van der Waals surface area contributed by atoms with Gasteiger partial charge in [0.05, 0.1) is 71.8 Å². The van der Waals surface area contributed by atoms with Gasteiger partial charge in [0.2, 0.25) is 0 Å². The van der Waals surface area contributed by atoms with Gasteiger partial charge in [0.15, 0.2) is 31.3 Å². The van der Waals surface area contributed by atoms with E-state index in [0.29, 0.717) is 162 Å². The standard InChI is InChI=1S/C50H65N11O9S2/c1-48(2,33-62)56-47(64)61(37-11-7-35(8-12-37)45-53-41(32-43(55-45)59-25-29-70-30-26-59)50(19-20-50)72(67,68)39-15-16-39)60(46(63)51-21-22-57(3)4)36-9-5-34(6-10-36)44-52-40(31-42(54-44)58-23-27-69-28-24-58)49(17-18-49)71(65,66)38-13-14-38/h5-12,31-32,38-39,62H,13-30,33H2,1-4H3,(H,51,63)(H,56,64). The Bertz CT molecular complexity index is 2900. The number of likely N-dealkylation sites (N-methyl/N-ethyl adjacent to an activating group) is 1. The molecule has 22 heteroatoms. The van der Waals surface area contributed by atoms with Gasteiger partial charge < -0.3 is 39.9 Å². The molecule has 2 aliphatic heterocycles. The molecule has 2 aromatic carbocycles. The van der Waals surface area contributed by atoms with Crippen molar-refractivity contribution >= 4 is 54.7 Å². The van der Waals surface area contributed by atoms with Crippen LogP contribution in [0.3, 0.4) is 0 Å². The average Bonchev–Trinajstić information content (AvgIpc) is 4.18. The summed E-state index contributed by atoms with van der Waals surface area (Å²) in [7, 11) is -3.18. The van der Waals surface area contributed by atoms with Crippen LogP contribution in [0.5, 0.6) is 0 Å². The minimum Gasteiger partial charge on any atom is -0.394 e. The fourth-order valence-electron chi connectivity index (χ4n) is 9.49. The molecule has 4 heterocycles. The number of carbonyl (C=O) groups excluding carboxylic acids is 2. The fraction of sp³-hybridized carbons (Fsp3) is 0.560. The summed E-state index contributed by atoms with van der Waals surface area (Å²) in [4.78, 5) is 55.3. The molecular weight excluding hydrogens is 963 g/mol. The molecule has 10 rings (SSSR count). The molecule has 4 saturated carbocycles. The Balaban J connectivity index is 1.03. The minimum atomic E-state index is -3.47. The average molecular weight is 1030 g/mol. The molecule has 0 bridgehead atoms. The minimum absolute atomic E-state index is 0.241. The van der Waals surface area contributed by atoms with E-state index in [1.807, 2.05) is 31.1 Å². The number of amides is 4. The van der Waals surface area contributed by atoms with Crippen molar-refractivity contribution in [3.05, 3.63) is 72.1 Å². The van der Waals surface area contributed by atoms with E-state index in [0.717, 1.165) is 0 Å². The molecule has 6 fully saturated rings. The van der Waals surface area contributed by atoms with E-state index >= 15 is 0 Å². The number of nitrogens with zero attached hydrogens (tertiary/aromatic N) is 9. The maximum atomic E-state index is 14.8. The van der Waals surface area contributed by atoms with Crippen molar-refractivity contribution in [2.45, 2.75) is 90.7 Å². The van der Waals surface area contributed by atoms with Crippen LogP contribution in [-0.4, -0.2) is 161 Å². The number of aliphatic hydroxyl groups is 1. The van der Waals surface area contributed by atoms with Crippen molar-refractivity contribution in [3.63, 3.8) is 0 Å². The van der Waals surface area contributed by atoms with Crippen LogP contribution in [0.15, 0.2) is 60.7 Å². The SMILES string of the molecule is CN(C)CCNC(=O)N(c1ccc(-c2nc(N3CCOCC3)cc(C3(S(=O)(=O)C4CC4)CC3)n2)cc1)N(C(=O)NC(C)(C)CO)c1ccc(-c2nc(N3CCOCC3)cc(C3(S(=O)(=O)C4CC4)CC3)n2)cc1. The van der Waals surface area contributed by atoms with Gasteiger partial charge in [-0.15, -0.1) is 0 Å². The molecule has 72 heavy (non-hydrogen) atoms. The second-order valence-corrected chi connectivity index (χ2v) is 25.8.